The predicted molar refractivity (Wildman–Crippen MR) is 156 cm³/mol. The lowest BCUT2D eigenvalue weighted by molar-refractivity contribution is -0.140. The molecule has 0 heterocycles. The number of hydrogen-bond acceptors (Lipinski definition) is 4. The minimum absolute atomic E-state index is 0.0181. The van der Waals surface area contributed by atoms with Crippen LogP contribution >= 0.6 is 23.2 Å². The molecule has 0 spiro atoms. The first-order valence-corrected chi connectivity index (χ1v) is 14.9. The maximum atomic E-state index is 14.0. The fourth-order valence-corrected chi connectivity index (χ4v) is 5.98. The van der Waals surface area contributed by atoms with Crippen LogP contribution < -0.4 is 9.62 Å². The van der Waals surface area contributed by atoms with Crippen LogP contribution in [0.3, 0.4) is 0 Å². The molecule has 0 saturated carbocycles. The van der Waals surface area contributed by atoms with Crippen LogP contribution in [0.1, 0.15) is 38.3 Å². The summed E-state index contributed by atoms with van der Waals surface area (Å²) in [4.78, 5) is 28.4. The van der Waals surface area contributed by atoms with Gasteiger partial charge in [-0.3, -0.25) is 13.9 Å². The summed E-state index contributed by atoms with van der Waals surface area (Å²) in [5.74, 6) is -1.49. The monoisotopic (exact) mass is 607 g/mol. The van der Waals surface area contributed by atoms with Gasteiger partial charge in [-0.05, 0) is 75.2 Å². The summed E-state index contributed by atoms with van der Waals surface area (Å²) in [6, 6.07) is 15.0. The second-order valence-corrected chi connectivity index (χ2v) is 12.4. The van der Waals surface area contributed by atoms with E-state index < -0.39 is 34.3 Å². The summed E-state index contributed by atoms with van der Waals surface area (Å²) >= 11 is 12.6. The number of halogens is 3. The van der Waals surface area contributed by atoms with Crippen LogP contribution in [0.15, 0.2) is 71.6 Å². The van der Waals surface area contributed by atoms with Gasteiger partial charge in [0, 0.05) is 17.6 Å². The Hall–Kier alpha value is -3.14. The van der Waals surface area contributed by atoms with E-state index in [1.807, 2.05) is 6.92 Å². The Bertz CT molecular complexity index is 1450. The molecule has 3 aromatic carbocycles. The number of benzene rings is 3. The lowest BCUT2D eigenvalue weighted by atomic mass is 10.1. The average molecular weight is 609 g/mol. The first-order valence-electron chi connectivity index (χ1n) is 12.7. The number of hydrogen-bond donors (Lipinski definition) is 1. The number of nitrogens with zero attached hydrogens (tertiary/aromatic N) is 2. The van der Waals surface area contributed by atoms with E-state index in [4.69, 9.17) is 23.2 Å². The molecule has 40 heavy (non-hydrogen) atoms. The van der Waals surface area contributed by atoms with Gasteiger partial charge in [0.25, 0.3) is 10.0 Å². The van der Waals surface area contributed by atoms with Crippen molar-refractivity contribution in [3.63, 3.8) is 0 Å². The normalized spacial score (nSPS) is 12.2. The topological polar surface area (TPSA) is 86.8 Å². The van der Waals surface area contributed by atoms with Crippen molar-refractivity contribution in [2.24, 2.45) is 0 Å². The Labute approximate surface area is 244 Å². The molecule has 0 fully saturated rings. The van der Waals surface area contributed by atoms with Gasteiger partial charge in [0.2, 0.25) is 11.8 Å². The Morgan fingerprint density at radius 1 is 0.975 bits per heavy atom. The third kappa shape index (κ3) is 7.74. The molecule has 2 amide bonds. The summed E-state index contributed by atoms with van der Waals surface area (Å²) in [5, 5.41) is 3.12. The number of nitrogens with one attached hydrogen (secondary N) is 1. The summed E-state index contributed by atoms with van der Waals surface area (Å²) in [6.07, 6.45) is 0.258. The van der Waals surface area contributed by atoms with E-state index in [9.17, 15) is 22.4 Å². The van der Waals surface area contributed by atoms with E-state index in [0.29, 0.717) is 5.56 Å². The number of sulfonamides is 1. The van der Waals surface area contributed by atoms with Gasteiger partial charge in [-0.15, -0.1) is 0 Å². The lowest BCUT2D eigenvalue weighted by Gasteiger charge is -2.33. The molecule has 0 radical (unpaired) electrons. The van der Waals surface area contributed by atoms with Gasteiger partial charge in [-0.2, -0.15) is 0 Å². The van der Waals surface area contributed by atoms with Crippen molar-refractivity contribution in [1.82, 2.24) is 10.2 Å². The van der Waals surface area contributed by atoms with Crippen LogP contribution in [-0.4, -0.2) is 43.8 Å². The van der Waals surface area contributed by atoms with Gasteiger partial charge in [0.1, 0.15) is 18.4 Å². The number of aryl methyl sites for hydroxylation is 1. The predicted octanol–water partition coefficient (Wildman–Crippen LogP) is 5.97. The number of carbonyl (C=O) groups is 2. The van der Waals surface area contributed by atoms with E-state index in [0.717, 1.165) is 9.87 Å². The quantitative estimate of drug-likeness (QED) is 0.291. The molecule has 0 saturated heterocycles. The molecule has 1 atom stereocenters. The molecule has 3 rings (SSSR count). The molecular formula is C29H32Cl2FN3O4S. The minimum Gasteiger partial charge on any atom is -0.352 e. The molecule has 0 unspecified atom stereocenters. The highest BCUT2D eigenvalue weighted by Crippen LogP contribution is 2.33. The first-order chi connectivity index (χ1) is 18.8. The van der Waals surface area contributed by atoms with Crippen LogP contribution in [0.25, 0.3) is 0 Å². The fraction of sp³-hybridized carbons (Fsp3) is 0.310. The Morgan fingerprint density at radius 3 is 2.17 bits per heavy atom. The summed E-state index contributed by atoms with van der Waals surface area (Å²) in [5.41, 5.74) is 1.44. The molecule has 0 aromatic heterocycles. The maximum Gasteiger partial charge on any atom is 0.264 e. The van der Waals surface area contributed by atoms with Crippen molar-refractivity contribution in [1.29, 1.82) is 0 Å². The van der Waals surface area contributed by atoms with Crippen molar-refractivity contribution < 1.29 is 22.4 Å². The van der Waals surface area contributed by atoms with Crippen molar-refractivity contribution in [3.8, 4) is 0 Å². The minimum atomic E-state index is -4.30. The second kappa shape index (κ2) is 13.5. The fourth-order valence-electron chi connectivity index (χ4n) is 4.11. The molecule has 7 nitrogen and oxygen atoms in total. The van der Waals surface area contributed by atoms with Gasteiger partial charge < -0.3 is 10.2 Å². The van der Waals surface area contributed by atoms with Crippen molar-refractivity contribution in [3.05, 3.63) is 93.7 Å². The van der Waals surface area contributed by atoms with Crippen LogP contribution in [-0.2, 0) is 26.2 Å². The average Bonchev–Trinajstić information content (AvgIpc) is 2.89. The molecule has 3 aromatic rings. The first kappa shape index (κ1) is 31.4. The summed E-state index contributed by atoms with van der Waals surface area (Å²) in [7, 11) is -4.30. The summed E-state index contributed by atoms with van der Waals surface area (Å²) in [6.45, 7) is 6.46. The van der Waals surface area contributed by atoms with Crippen LogP contribution in [0.2, 0.25) is 10.0 Å². The van der Waals surface area contributed by atoms with Crippen LogP contribution in [0.4, 0.5) is 10.1 Å². The number of anilines is 1. The Morgan fingerprint density at radius 2 is 1.60 bits per heavy atom. The maximum absolute atomic E-state index is 14.0. The lowest BCUT2D eigenvalue weighted by Crippen LogP contribution is -2.53. The number of rotatable bonds is 11. The second-order valence-electron chi connectivity index (χ2n) is 9.66. The largest absolute Gasteiger partial charge is 0.352 e. The molecule has 0 aliphatic rings. The molecule has 0 aliphatic carbocycles. The molecule has 0 aliphatic heterocycles. The highest BCUT2D eigenvalue weighted by Gasteiger charge is 2.34. The van der Waals surface area contributed by atoms with Gasteiger partial charge in [-0.1, -0.05) is 60.0 Å². The van der Waals surface area contributed by atoms with E-state index in [2.05, 4.69) is 5.32 Å². The number of carbonyl (C=O) groups excluding carboxylic acids is 2. The van der Waals surface area contributed by atoms with Crippen molar-refractivity contribution in [2.75, 3.05) is 10.8 Å². The highest BCUT2D eigenvalue weighted by molar-refractivity contribution is 7.92. The van der Waals surface area contributed by atoms with Crippen molar-refractivity contribution in [2.45, 2.75) is 57.6 Å². The highest BCUT2D eigenvalue weighted by atomic mass is 35.5. The number of amides is 2. The van der Waals surface area contributed by atoms with Gasteiger partial charge in [0.15, 0.2) is 0 Å². The van der Waals surface area contributed by atoms with Crippen LogP contribution in [0.5, 0.6) is 0 Å². The van der Waals surface area contributed by atoms with E-state index in [1.54, 1.807) is 32.9 Å². The van der Waals surface area contributed by atoms with E-state index in [-0.39, 0.29) is 45.5 Å². The SMILES string of the molecule is CC[C@H](C(=O)NC(C)C)N(Cc1ccc(F)cc1)C(=O)CN(c1cc(Cl)ccc1Cl)S(=O)(=O)c1ccc(C)cc1. The Kier molecular flexibility index (Phi) is 10.6. The van der Waals surface area contributed by atoms with Gasteiger partial charge in [0.05, 0.1) is 15.6 Å². The molecule has 1 N–H and O–H groups in total. The standard InChI is InChI=1S/C29H32Cl2FN3O4S/c1-5-26(29(37)33-19(2)3)34(17-21-8-11-23(32)12-9-21)28(36)18-35(27-16-22(30)10-15-25(27)31)40(38,39)24-13-6-20(4)7-14-24/h6-16,19,26H,5,17-18H2,1-4H3,(H,33,37)/t26-/m1/s1. The molecule has 0 bridgehead atoms. The molecular weight excluding hydrogens is 576 g/mol. The van der Waals surface area contributed by atoms with Crippen LogP contribution in [0, 0.1) is 12.7 Å². The van der Waals surface area contributed by atoms with Gasteiger partial charge >= 0.3 is 0 Å². The zero-order valence-corrected chi connectivity index (χ0v) is 25.0. The third-order valence-corrected chi connectivity index (χ3v) is 8.48. The van der Waals surface area contributed by atoms with Gasteiger partial charge in [-0.25, -0.2) is 12.8 Å². The van der Waals surface area contributed by atoms with E-state index in [1.165, 1.54) is 59.5 Å². The van der Waals surface area contributed by atoms with Crippen molar-refractivity contribution >= 4 is 50.7 Å². The van der Waals surface area contributed by atoms with E-state index >= 15 is 0 Å². The third-order valence-electron chi connectivity index (χ3n) is 6.15. The molecule has 11 heteroatoms. The Balaban J connectivity index is 2.10. The zero-order chi connectivity index (χ0) is 29.6. The smallest absolute Gasteiger partial charge is 0.264 e. The molecule has 214 valence electrons. The summed E-state index contributed by atoms with van der Waals surface area (Å²) < 4.78 is 42.3. The zero-order valence-electron chi connectivity index (χ0n) is 22.7.